The van der Waals surface area contributed by atoms with Gasteiger partial charge in [-0.05, 0) is 36.8 Å². The molecule has 3 amide bonds. The van der Waals surface area contributed by atoms with Crippen molar-refractivity contribution in [2.24, 2.45) is 16.1 Å². The first-order valence-electron chi connectivity index (χ1n) is 12.3. The van der Waals surface area contributed by atoms with Crippen LogP contribution in [-0.2, 0) is 4.84 Å². The zero-order valence-corrected chi connectivity index (χ0v) is 21.1. The number of hydrazone groups is 2. The van der Waals surface area contributed by atoms with E-state index in [1.807, 2.05) is 0 Å². The maximum atomic E-state index is 13.3. The molecule has 6 rings (SSSR count). The number of carbonyl (C=O) groups is 3. The van der Waals surface area contributed by atoms with E-state index < -0.39 is 34.6 Å². The molecule has 2 atom stereocenters. The summed E-state index contributed by atoms with van der Waals surface area (Å²) in [5, 5.41) is 24.0. The van der Waals surface area contributed by atoms with E-state index in [1.165, 1.54) is 23.3 Å². The first kappa shape index (κ1) is 25.0. The van der Waals surface area contributed by atoms with E-state index in [1.54, 1.807) is 66.7 Å². The number of nitro groups is 1. The number of hydroxylamine groups is 2. The molecule has 2 aromatic carbocycles. The number of hydrogen-bond donors (Lipinski definition) is 0. The highest BCUT2D eigenvalue weighted by Gasteiger charge is 2.48. The molecule has 40 heavy (non-hydrogen) atoms. The summed E-state index contributed by atoms with van der Waals surface area (Å²) in [4.78, 5) is 59.0. The van der Waals surface area contributed by atoms with Crippen LogP contribution in [0.5, 0.6) is 0 Å². The quantitative estimate of drug-likeness (QED) is 0.252. The molecule has 0 N–H and O–H groups in total. The number of rotatable bonds is 7. The Balaban J connectivity index is 1.27. The molecule has 4 heterocycles. The highest BCUT2D eigenvalue weighted by molar-refractivity contribution is 6.20. The van der Waals surface area contributed by atoms with Gasteiger partial charge in [0.25, 0.3) is 23.4 Å². The maximum Gasteiger partial charge on any atom is 0.285 e. The Morgan fingerprint density at radius 3 is 2.33 bits per heavy atom. The van der Waals surface area contributed by atoms with Gasteiger partial charge in [0.1, 0.15) is 0 Å². The highest BCUT2D eigenvalue weighted by Crippen LogP contribution is 2.41. The summed E-state index contributed by atoms with van der Waals surface area (Å²) in [5.41, 5.74) is 2.14. The lowest BCUT2D eigenvalue weighted by Crippen LogP contribution is -2.35. The fraction of sp³-hybridized carbons (Fsp3) is 0.185. The van der Waals surface area contributed by atoms with Crippen LogP contribution in [0.3, 0.4) is 0 Å². The van der Waals surface area contributed by atoms with E-state index in [-0.39, 0.29) is 30.0 Å². The Bertz CT molecular complexity index is 1570. The van der Waals surface area contributed by atoms with Gasteiger partial charge >= 0.3 is 0 Å². The van der Waals surface area contributed by atoms with Crippen molar-refractivity contribution in [3.8, 4) is 0 Å². The minimum atomic E-state index is -0.548. The van der Waals surface area contributed by atoms with Gasteiger partial charge in [-0.2, -0.15) is 15.2 Å². The van der Waals surface area contributed by atoms with Crippen LogP contribution in [0.1, 0.15) is 49.6 Å². The number of benzene rings is 2. The van der Waals surface area contributed by atoms with Crippen molar-refractivity contribution in [1.82, 2.24) is 20.1 Å². The molecule has 0 spiro atoms. The number of pyridine rings is 1. The van der Waals surface area contributed by atoms with Crippen LogP contribution in [0.2, 0.25) is 0 Å². The molecule has 0 aliphatic carbocycles. The van der Waals surface area contributed by atoms with Crippen LogP contribution in [0, 0.1) is 16.0 Å². The molecular formula is C27H21N7O6. The van der Waals surface area contributed by atoms with Crippen molar-refractivity contribution >= 4 is 35.0 Å². The lowest BCUT2D eigenvalue weighted by atomic mass is 9.89. The summed E-state index contributed by atoms with van der Waals surface area (Å²) in [6.07, 6.45) is 3.00. The maximum absolute atomic E-state index is 13.3. The predicted molar refractivity (Wildman–Crippen MR) is 140 cm³/mol. The number of nitrogens with zero attached hydrogens (tertiary/aromatic N) is 7. The highest BCUT2D eigenvalue weighted by atomic mass is 16.7. The first-order valence-corrected chi connectivity index (χ1v) is 12.3. The first-order chi connectivity index (χ1) is 19.3. The van der Waals surface area contributed by atoms with E-state index in [9.17, 15) is 24.5 Å². The number of imide groups is 1. The number of amidine groups is 1. The largest absolute Gasteiger partial charge is 0.285 e. The summed E-state index contributed by atoms with van der Waals surface area (Å²) in [6.45, 7) is 1.84. The molecule has 0 fully saturated rings. The molecule has 3 aromatic rings. The van der Waals surface area contributed by atoms with Gasteiger partial charge in [0.15, 0.2) is 5.84 Å². The van der Waals surface area contributed by atoms with Gasteiger partial charge < -0.3 is 0 Å². The minimum Gasteiger partial charge on any atom is -0.284 e. The molecule has 0 saturated carbocycles. The van der Waals surface area contributed by atoms with Crippen LogP contribution >= 0.6 is 0 Å². The summed E-state index contributed by atoms with van der Waals surface area (Å²) >= 11 is 0. The number of non-ortho nitro benzene ring substituents is 1. The Morgan fingerprint density at radius 2 is 1.70 bits per heavy atom. The third kappa shape index (κ3) is 4.08. The van der Waals surface area contributed by atoms with Crippen molar-refractivity contribution in [2.45, 2.75) is 13.0 Å². The monoisotopic (exact) mass is 539 g/mol. The van der Waals surface area contributed by atoms with E-state index in [0.717, 1.165) is 5.06 Å². The lowest BCUT2D eigenvalue weighted by Gasteiger charge is -2.27. The van der Waals surface area contributed by atoms with Gasteiger partial charge in [0.2, 0.25) is 0 Å². The second-order valence-electron chi connectivity index (χ2n) is 9.28. The van der Waals surface area contributed by atoms with Crippen molar-refractivity contribution in [1.29, 1.82) is 0 Å². The van der Waals surface area contributed by atoms with Crippen molar-refractivity contribution in [2.75, 3.05) is 13.2 Å². The summed E-state index contributed by atoms with van der Waals surface area (Å²) in [5.74, 6) is -1.54. The Hall–Kier alpha value is -5.30. The molecule has 0 bridgehead atoms. The number of aromatic nitrogens is 1. The van der Waals surface area contributed by atoms with Gasteiger partial charge in [0.05, 0.1) is 46.7 Å². The molecule has 2 unspecified atom stereocenters. The molecule has 3 aliphatic rings. The molecule has 0 radical (unpaired) electrons. The summed E-state index contributed by atoms with van der Waals surface area (Å²) < 4.78 is 0. The molecular weight excluding hydrogens is 518 g/mol. The van der Waals surface area contributed by atoms with Crippen molar-refractivity contribution in [3.63, 3.8) is 0 Å². The Morgan fingerprint density at radius 1 is 1.00 bits per heavy atom. The second-order valence-corrected chi connectivity index (χ2v) is 9.28. The third-order valence-corrected chi connectivity index (χ3v) is 6.91. The van der Waals surface area contributed by atoms with Gasteiger partial charge in [-0.15, -0.1) is 5.06 Å². The number of hydrogen-bond acceptors (Lipinski definition) is 10. The predicted octanol–water partition coefficient (Wildman–Crippen LogP) is 3.04. The van der Waals surface area contributed by atoms with Gasteiger partial charge in [-0.3, -0.25) is 39.3 Å². The van der Waals surface area contributed by atoms with Gasteiger partial charge in [-0.25, -0.2) is 0 Å². The average molecular weight is 540 g/mol. The van der Waals surface area contributed by atoms with E-state index >= 15 is 0 Å². The molecule has 13 heteroatoms. The molecule has 3 aliphatic heterocycles. The van der Waals surface area contributed by atoms with Crippen LogP contribution in [-0.4, -0.2) is 67.4 Å². The lowest BCUT2D eigenvalue weighted by molar-refractivity contribution is -0.384. The van der Waals surface area contributed by atoms with Crippen LogP contribution in [0.4, 0.5) is 5.69 Å². The van der Waals surface area contributed by atoms with E-state index in [4.69, 9.17) is 9.94 Å². The van der Waals surface area contributed by atoms with Crippen molar-refractivity contribution in [3.05, 3.63) is 105 Å². The third-order valence-electron chi connectivity index (χ3n) is 6.91. The molecule has 13 nitrogen and oxygen atoms in total. The standard InChI is InChI=1S/C27H21N7O6/c1-16-22-23(17-8-10-19(11-9-17)34(38)39)31(30-24(22)32(29-16)25(35)18-5-4-12-28-15-18)13-14-40-33-26(36)20-6-2-3-7-21(20)27(33)37/h2-12,15,22-23H,13-14H2,1H3. The topological polar surface area (TPSA) is 151 Å². The summed E-state index contributed by atoms with van der Waals surface area (Å²) in [7, 11) is 0. The van der Waals surface area contributed by atoms with Gasteiger partial charge in [0, 0.05) is 30.2 Å². The number of carbonyl (C=O) groups excluding carboxylic acids is 3. The smallest absolute Gasteiger partial charge is 0.284 e. The SMILES string of the molecule is CC1=NN(C(=O)c2cccnc2)C2=NN(CCON3C(=O)c4ccccc4C3=O)C(c3ccc([N+](=O)[O-])cc3)C12. The Kier molecular flexibility index (Phi) is 6.11. The van der Waals surface area contributed by atoms with E-state index in [2.05, 4.69) is 10.1 Å². The van der Waals surface area contributed by atoms with Gasteiger partial charge in [-0.1, -0.05) is 24.3 Å². The fourth-order valence-corrected chi connectivity index (χ4v) is 5.05. The zero-order valence-electron chi connectivity index (χ0n) is 21.1. The number of nitro benzene ring substituents is 1. The number of fused-ring (bicyclic) bond motifs is 2. The van der Waals surface area contributed by atoms with Crippen molar-refractivity contribution < 1.29 is 24.1 Å². The second kappa shape index (κ2) is 9.78. The molecule has 200 valence electrons. The van der Waals surface area contributed by atoms with Crippen LogP contribution < -0.4 is 0 Å². The Labute approximate surface area is 227 Å². The number of amides is 3. The summed E-state index contributed by atoms with van der Waals surface area (Å²) in [6, 6.07) is 15.4. The fourth-order valence-electron chi connectivity index (χ4n) is 5.05. The average Bonchev–Trinajstić information content (AvgIpc) is 3.59. The normalized spacial score (nSPS) is 19.5. The molecule has 0 saturated heterocycles. The molecule has 1 aromatic heterocycles. The van der Waals surface area contributed by atoms with Crippen LogP contribution in [0.15, 0.2) is 83.3 Å². The van der Waals surface area contributed by atoms with E-state index in [0.29, 0.717) is 22.7 Å². The minimum absolute atomic E-state index is 0.0615. The zero-order chi connectivity index (χ0) is 28.0. The van der Waals surface area contributed by atoms with Crippen LogP contribution in [0.25, 0.3) is 0 Å².